The molecular weight excluding hydrogens is 365 g/mol. The molecule has 148 valence electrons. The number of hydrogen-bond donors (Lipinski definition) is 1. The summed E-state index contributed by atoms with van der Waals surface area (Å²) in [7, 11) is 2.69. The third-order valence-corrected chi connectivity index (χ3v) is 4.25. The van der Waals surface area contributed by atoms with Crippen LogP contribution < -0.4 is 14.8 Å². The molecule has 1 aliphatic rings. The van der Waals surface area contributed by atoms with E-state index in [-0.39, 0.29) is 18.1 Å². The summed E-state index contributed by atoms with van der Waals surface area (Å²) in [5.74, 6) is 0.0796. The lowest BCUT2D eigenvalue weighted by Crippen LogP contribution is -2.20. The maximum Gasteiger partial charge on any atom is 0.423 e. The van der Waals surface area contributed by atoms with Gasteiger partial charge in [-0.1, -0.05) is 0 Å². The van der Waals surface area contributed by atoms with Gasteiger partial charge in [-0.25, -0.2) is 9.67 Å². The molecule has 2 aromatic heterocycles. The van der Waals surface area contributed by atoms with Gasteiger partial charge in [0, 0.05) is 12.7 Å². The summed E-state index contributed by atoms with van der Waals surface area (Å²) < 4.78 is 57.8. The number of halogens is 3. The summed E-state index contributed by atoms with van der Waals surface area (Å²) in [6.07, 6.45) is -1.36. The van der Waals surface area contributed by atoms with E-state index in [1.165, 1.54) is 25.1 Å². The third-order valence-electron chi connectivity index (χ3n) is 4.25. The summed E-state index contributed by atoms with van der Waals surface area (Å²) >= 11 is 0. The van der Waals surface area contributed by atoms with Gasteiger partial charge in [0.15, 0.2) is 6.23 Å². The zero-order chi connectivity index (χ0) is 19.4. The minimum Gasteiger partial charge on any atom is -0.481 e. The lowest BCUT2D eigenvalue weighted by atomic mass is 10.2. The van der Waals surface area contributed by atoms with Crippen LogP contribution in [0.5, 0.6) is 11.8 Å². The number of nitrogens with zero attached hydrogens (tertiary/aromatic N) is 3. The molecule has 7 nitrogen and oxygen atoms in total. The first-order chi connectivity index (χ1) is 12.9. The highest BCUT2D eigenvalue weighted by Crippen LogP contribution is 2.41. The van der Waals surface area contributed by atoms with Crippen molar-refractivity contribution < 1.29 is 27.4 Å². The summed E-state index contributed by atoms with van der Waals surface area (Å²) in [6.45, 7) is 0.346. The number of pyridine rings is 1. The van der Waals surface area contributed by atoms with Crippen molar-refractivity contribution in [3.63, 3.8) is 0 Å². The Hall–Kier alpha value is -2.49. The molecule has 2 aromatic rings. The number of rotatable bonds is 6. The third kappa shape index (κ3) is 4.26. The van der Waals surface area contributed by atoms with Crippen LogP contribution >= 0.6 is 0 Å². The van der Waals surface area contributed by atoms with E-state index in [0.717, 1.165) is 12.8 Å². The Labute approximate surface area is 154 Å². The Morgan fingerprint density at radius 3 is 2.63 bits per heavy atom. The molecule has 0 aromatic carbocycles. The lowest BCUT2D eigenvalue weighted by Gasteiger charge is -2.24. The second-order valence-electron chi connectivity index (χ2n) is 6.04. The molecule has 1 saturated heterocycles. The van der Waals surface area contributed by atoms with Crippen molar-refractivity contribution in [1.82, 2.24) is 14.8 Å². The average molecular weight is 386 g/mol. The van der Waals surface area contributed by atoms with E-state index in [9.17, 15) is 13.2 Å². The molecule has 1 aliphatic heterocycles. The van der Waals surface area contributed by atoms with E-state index in [1.54, 1.807) is 12.1 Å². The molecule has 1 atom stereocenters. The van der Waals surface area contributed by atoms with Gasteiger partial charge in [-0.15, -0.1) is 0 Å². The van der Waals surface area contributed by atoms with E-state index in [4.69, 9.17) is 14.2 Å². The van der Waals surface area contributed by atoms with Crippen molar-refractivity contribution >= 4 is 5.69 Å². The fourth-order valence-corrected chi connectivity index (χ4v) is 2.97. The van der Waals surface area contributed by atoms with Gasteiger partial charge < -0.3 is 19.5 Å². The minimum absolute atomic E-state index is 0.140. The smallest absolute Gasteiger partial charge is 0.423 e. The van der Waals surface area contributed by atoms with E-state index in [2.05, 4.69) is 15.4 Å². The molecule has 0 bridgehead atoms. The van der Waals surface area contributed by atoms with Gasteiger partial charge in [0.2, 0.25) is 11.8 Å². The summed E-state index contributed by atoms with van der Waals surface area (Å²) in [6, 6.07) is 3.28. The normalized spacial score (nSPS) is 17.6. The number of nitrogens with one attached hydrogen (secondary N) is 1. The van der Waals surface area contributed by atoms with E-state index in [1.807, 2.05) is 0 Å². The van der Waals surface area contributed by atoms with Gasteiger partial charge in [0.25, 0.3) is 0 Å². The first-order valence-corrected chi connectivity index (χ1v) is 8.52. The first-order valence-electron chi connectivity index (χ1n) is 8.52. The van der Waals surface area contributed by atoms with Crippen molar-refractivity contribution in [2.75, 3.05) is 26.1 Å². The van der Waals surface area contributed by atoms with Crippen LogP contribution in [0.1, 0.15) is 36.7 Å². The van der Waals surface area contributed by atoms with Crippen molar-refractivity contribution in [2.45, 2.75) is 38.2 Å². The maximum atomic E-state index is 13.7. The quantitative estimate of drug-likeness (QED) is 0.818. The zero-order valence-electron chi connectivity index (χ0n) is 15.0. The monoisotopic (exact) mass is 386 g/mol. The van der Waals surface area contributed by atoms with Crippen LogP contribution in [0.4, 0.5) is 18.9 Å². The van der Waals surface area contributed by atoms with E-state index < -0.39 is 18.0 Å². The molecule has 1 N–H and O–H groups in total. The molecule has 1 fully saturated rings. The topological polar surface area (TPSA) is 70.4 Å². The molecule has 3 heterocycles. The zero-order valence-corrected chi connectivity index (χ0v) is 15.0. The Bertz CT molecular complexity index is 756. The standard InChI is InChI=1S/C17H21F3N4O3/c1-25-13-7-6-11(9-22-13)21-10-12-15(17(18,19)20)16(26-2)24(23-12)14-5-3-4-8-27-14/h6-7,9,14,21H,3-5,8,10H2,1-2H3. The Morgan fingerprint density at radius 2 is 2.07 bits per heavy atom. The predicted molar refractivity (Wildman–Crippen MR) is 90.7 cm³/mol. The SMILES string of the molecule is COc1ccc(NCc2nn(C3CCCCO3)c(OC)c2C(F)(F)F)cn1. The van der Waals surface area contributed by atoms with Crippen LogP contribution in [0.2, 0.25) is 0 Å². The summed E-state index contributed by atoms with van der Waals surface area (Å²) in [4.78, 5) is 4.02. The fourth-order valence-electron chi connectivity index (χ4n) is 2.97. The van der Waals surface area contributed by atoms with Gasteiger partial charge in [-0.05, 0) is 25.3 Å². The average Bonchev–Trinajstić information content (AvgIpc) is 3.06. The summed E-state index contributed by atoms with van der Waals surface area (Å²) in [5, 5.41) is 7.06. The van der Waals surface area contributed by atoms with Gasteiger partial charge in [0.1, 0.15) is 5.56 Å². The van der Waals surface area contributed by atoms with Gasteiger partial charge in [0.05, 0.1) is 38.3 Å². The molecule has 0 aliphatic carbocycles. The Balaban J connectivity index is 1.88. The lowest BCUT2D eigenvalue weighted by molar-refractivity contribution is -0.139. The summed E-state index contributed by atoms with van der Waals surface area (Å²) in [5.41, 5.74) is -0.510. The number of ether oxygens (including phenoxy) is 3. The fraction of sp³-hybridized carbons (Fsp3) is 0.529. The highest BCUT2D eigenvalue weighted by molar-refractivity contribution is 5.44. The first kappa shape index (κ1) is 19.3. The molecule has 0 radical (unpaired) electrons. The van der Waals surface area contributed by atoms with Crippen molar-refractivity contribution in [3.8, 4) is 11.8 Å². The predicted octanol–water partition coefficient (Wildman–Crippen LogP) is 3.63. The number of methoxy groups -OCH3 is 2. The Morgan fingerprint density at radius 1 is 1.26 bits per heavy atom. The molecule has 1 unspecified atom stereocenters. The van der Waals surface area contributed by atoms with Crippen LogP contribution in [-0.4, -0.2) is 35.6 Å². The maximum absolute atomic E-state index is 13.7. The van der Waals surface area contributed by atoms with Crippen LogP contribution in [0, 0.1) is 0 Å². The molecule has 3 rings (SSSR count). The second kappa shape index (κ2) is 8.03. The van der Waals surface area contributed by atoms with Crippen molar-refractivity contribution in [2.24, 2.45) is 0 Å². The number of hydrogen-bond acceptors (Lipinski definition) is 6. The molecule has 0 saturated carbocycles. The van der Waals surface area contributed by atoms with Crippen LogP contribution in [0.3, 0.4) is 0 Å². The molecular formula is C17H21F3N4O3. The highest BCUT2D eigenvalue weighted by atomic mass is 19.4. The van der Waals surface area contributed by atoms with Gasteiger partial charge in [-0.2, -0.15) is 18.3 Å². The number of alkyl halides is 3. The van der Waals surface area contributed by atoms with E-state index in [0.29, 0.717) is 24.6 Å². The largest absolute Gasteiger partial charge is 0.481 e. The van der Waals surface area contributed by atoms with Crippen LogP contribution in [-0.2, 0) is 17.5 Å². The number of aromatic nitrogens is 3. The Kier molecular flexibility index (Phi) is 5.73. The van der Waals surface area contributed by atoms with Crippen molar-refractivity contribution in [1.29, 1.82) is 0 Å². The van der Waals surface area contributed by atoms with Gasteiger partial charge >= 0.3 is 6.18 Å². The van der Waals surface area contributed by atoms with Crippen LogP contribution in [0.15, 0.2) is 18.3 Å². The van der Waals surface area contributed by atoms with Crippen molar-refractivity contribution in [3.05, 3.63) is 29.6 Å². The number of anilines is 1. The molecule has 0 amide bonds. The molecule has 10 heteroatoms. The highest BCUT2D eigenvalue weighted by Gasteiger charge is 2.42. The molecule has 27 heavy (non-hydrogen) atoms. The van der Waals surface area contributed by atoms with Gasteiger partial charge in [-0.3, -0.25) is 0 Å². The second-order valence-corrected chi connectivity index (χ2v) is 6.04. The molecule has 0 spiro atoms. The minimum atomic E-state index is -4.60. The van der Waals surface area contributed by atoms with Crippen LogP contribution in [0.25, 0.3) is 0 Å². The van der Waals surface area contributed by atoms with E-state index >= 15 is 0 Å².